The number of aromatic nitrogens is 3. The van der Waals surface area contributed by atoms with Crippen LogP contribution in [0.5, 0.6) is 0 Å². The molecule has 0 aromatic carbocycles. The molecule has 9 heteroatoms. The highest BCUT2D eigenvalue weighted by atomic mass is 16.5. The molecule has 9 nitrogen and oxygen atoms in total. The number of carboxylic acid groups (broad SMARTS) is 1. The van der Waals surface area contributed by atoms with Crippen molar-refractivity contribution < 1.29 is 19.4 Å². The van der Waals surface area contributed by atoms with Gasteiger partial charge in [0.2, 0.25) is 0 Å². The number of aromatic carboxylic acids is 1. The Morgan fingerprint density at radius 1 is 1.57 bits per heavy atom. The van der Waals surface area contributed by atoms with Gasteiger partial charge in [0, 0.05) is 19.2 Å². The first-order valence-corrected chi connectivity index (χ1v) is 6.84. The van der Waals surface area contributed by atoms with Gasteiger partial charge < -0.3 is 20.5 Å². The van der Waals surface area contributed by atoms with E-state index in [0.29, 0.717) is 19.7 Å². The number of nitrogens with one attached hydrogen (secondary N) is 2. The zero-order chi connectivity index (χ0) is 15.2. The van der Waals surface area contributed by atoms with E-state index in [1.54, 1.807) is 0 Å². The first kappa shape index (κ1) is 15.2. The molecular formula is C12H19N5O4. The number of carboxylic acids is 1. The normalized spacial score (nSPS) is 21.8. The van der Waals surface area contributed by atoms with Crippen LogP contribution in [0, 0.1) is 0 Å². The van der Waals surface area contributed by atoms with Gasteiger partial charge in [0.1, 0.15) is 0 Å². The topological polar surface area (TPSA) is 118 Å². The van der Waals surface area contributed by atoms with E-state index in [-0.39, 0.29) is 23.9 Å². The van der Waals surface area contributed by atoms with E-state index in [1.807, 2.05) is 6.92 Å². The molecule has 0 spiro atoms. The van der Waals surface area contributed by atoms with Crippen molar-refractivity contribution >= 4 is 12.0 Å². The van der Waals surface area contributed by atoms with Crippen LogP contribution in [0.3, 0.4) is 0 Å². The molecule has 116 valence electrons. The van der Waals surface area contributed by atoms with Crippen LogP contribution in [0.1, 0.15) is 30.3 Å². The van der Waals surface area contributed by atoms with Crippen LogP contribution >= 0.6 is 0 Å². The van der Waals surface area contributed by atoms with Crippen LogP contribution in [-0.2, 0) is 11.3 Å². The number of rotatable bonds is 5. The molecular weight excluding hydrogens is 278 g/mol. The fourth-order valence-electron chi connectivity index (χ4n) is 2.16. The highest BCUT2D eigenvalue weighted by Crippen LogP contribution is 2.12. The molecule has 1 aliphatic heterocycles. The zero-order valence-electron chi connectivity index (χ0n) is 11.8. The summed E-state index contributed by atoms with van der Waals surface area (Å²) in [4.78, 5) is 22.4. The molecule has 0 saturated carbocycles. The summed E-state index contributed by atoms with van der Waals surface area (Å²) >= 11 is 0. The summed E-state index contributed by atoms with van der Waals surface area (Å²) in [6.45, 7) is 3.34. The summed E-state index contributed by atoms with van der Waals surface area (Å²) in [7, 11) is 0. The average molecular weight is 297 g/mol. The first-order chi connectivity index (χ1) is 10.0. The molecule has 1 saturated heterocycles. The highest BCUT2D eigenvalue weighted by Gasteiger charge is 2.20. The summed E-state index contributed by atoms with van der Waals surface area (Å²) in [6, 6.07) is -0.119. The number of ether oxygens (including phenoxy) is 1. The average Bonchev–Trinajstić information content (AvgIpc) is 2.87. The molecule has 1 fully saturated rings. The van der Waals surface area contributed by atoms with Gasteiger partial charge in [0.15, 0.2) is 5.69 Å². The van der Waals surface area contributed by atoms with E-state index in [2.05, 4.69) is 20.9 Å². The van der Waals surface area contributed by atoms with Gasteiger partial charge in [-0.25, -0.2) is 14.3 Å². The third-order valence-corrected chi connectivity index (χ3v) is 3.20. The van der Waals surface area contributed by atoms with Gasteiger partial charge in [0.05, 0.1) is 18.8 Å². The van der Waals surface area contributed by atoms with Gasteiger partial charge >= 0.3 is 12.0 Å². The molecule has 0 bridgehead atoms. The SMILES string of the molecule is CC1CC(NC(=O)NCCn2cc(C(=O)O)nn2)CCO1. The van der Waals surface area contributed by atoms with Crippen LogP contribution in [0.25, 0.3) is 0 Å². The lowest BCUT2D eigenvalue weighted by molar-refractivity contribution is 0.0154. The molecule has 2 heterocycles. The lowest BCUT2D eigenvalue weighted by Crippen LogP contribution is -2.46. The molecule has 1 aromatic rings. The lowest BCUT2D eigenvalue weighted by Gasteiger charge is -2.27. The second-order valence-corrected chi connectivity index (χ2v) is 4.97. The molecule has 3 N–H and O–H groups in total. The molecule has 2 rings (SSSR count). The van der Waals surface area contributed by atoms with Crippen LogP contribution in [0.15, 0.2) is 6.20 Å². The second-order valence-electron chi connectivity index (χ2n) is 4.97. The molecule has 2 unspecified atom stereocenters. The largest absolute Gasteiger partial charge is 0.476 e. The Balaban J connectivity index is 1.67. The number of carbonyl (C=O) groups excluding carboxylic acids is 1. The number of carbonyl (C=O) groups is 2. The van der Waals surface area contributed by atoms with Crippen LogP contribution in [-0.4, -0.2) is 57.4 Å². The van der Waals surface area contributed by atoms with Gasteiger partial charge in [-0.1, -0.05) is 5.21 Å². The van der Waals surface area contributed by atoms with Crippen molar-refractivity contribution in [2.75, 3.05) is 13.2 Å². The van der Waals surface area contributed by atoms with E-state index >= 15 is 0 Å². The molecule has 0 aliphatic carbocycles. The fraction of sp³-hybridized carbons (Fsp3) is 0.667. The number of hydrogen-bond donors (Lipinski definition) is 3. The quantitative estimate of drug-likeness (QED) is 0.695. The van der Waals surface area contributed by atoms with E-state index in [9.17, 15) is 9.59 Å². The summed E-state index contributed by atoms with van der Waals surface area (Å²) in [6.07, 6.45) is 3.09. The summed E-state index contributed by atoms with van der Waals surface area (Å²) < 4.78 is 6.79. The minimum atomic E-state index is -1.12. The Bertz CT molecular complexity index is 504. The van der Waals surface area contributed by atoms with Gasteiger partial charge in [0.25, 0.3) is 0 Å². The monoisotopic (exact) mass is 297 g/mol. The van der Waals surface area contributed by atoms with Crippen molar-refractivity contribution in [3.05, 3.63) is 11.9 Å². The maximum Gasteiger partial charge on any atom is 0.358 e. The number of hydrogen-bond acceptors (Lipinski definition) is 5. The Kier molecular flexibility index (Phi) is 5.09. The van der Waals surface area contributed by atoms with Crippen molar-refractivity contribution in [3.8, 4) is 0 Å². The van der Waals surface area contributed by atoms with Gasteiger partial charge in [-0.3, -0.25) is 0 Å². The van der Waals surface area contributed by atoms with Gasteiger partial charge in [-0.05, 0) is 19.8 Å². The van der Waals surface area contributed by atoms with Crippen molar-refractivity contribution in [2.24, 2.45) is 0 Å². The molecule has 21 heavy (non-hydrogen) atoms. The Morgan fingerprint density at radius 3 is 3.05 bits per heavy atom. The van der Waals surface area contributed by atoms with Gasteiger partial charge in [-0.15, -0.1) is 5.10 Å². The number of amides is 2. The van der Waals surface area contributed by atoms with Crippen LogP contribution in [0.4, 0.5) is 4.79 Å². The number of urea groups is 1. The highest BCUT2D eigenvalue weighted by molar-refractivity contribution is 5.84. The molecule has 0 radical (unpaired) electrons. The van der Waals surface area contributed by atoms with E-state index in [0.717, 1.165) is 12.8 Å². The minimum absolute atomic E-state index is 0.115. The third-order valence-electron chi connectivity index (χ3n) is 3.20. The Morgan fingerprint density at radius 2 is 2.38 bits per heavy atom. The summed E-state index contributed by atoms with van der Waals surface area (Å²) in [5.74, 6) is -1.12. The fourth-order valence-corrected chi connectivity index (χ4v) is 2.16. The van der Waals surface area contributed by atoms with Gasteiger partial charge in [-0.2, -0.15) is 0 Å². The second kappa shape index (κ2) is 7.02. The van der Waals surface area contributed by atoms with Crippen molar-refractivity contribution in [1.29, 1.82) is 0 Å². The summed E-state index contributed by atoms with van der Waals surface area (Å²) in [5.41, 5.74) is -0.115. The van der Waals surface area contributed by atoms with E-state index in [1.165, 1.54) is 10.9 Å². The van der Waals surface area contributed by atoms with Crippen LogP contribution < -0.4 is 10.6 Å². The predicted octanol–water partition coefficient (Wildman–Crippen LogP) is -0.157. The molecule has 2 amide bonds. The molecule has 1 aliphatic rings. The number of nitrogens with zero attached hydrogens (tertiary/aromatic N) is 3. The zero-order valence-corrected chi connectivity index (χ0v) is 11.8. The molecule has 1 aromatic heterocycles. The predicted molar refractivity (Wildman–Crippen MR) is 72.0 cm³/mol. The first-order valence-electron chi connectivity index (χ1n) is 6.84. The molecule has 2 atom stereocenters. The lowest BCUT2D eigenvalue weighted by atomic mass is 10.0. The maximum atomic E-state index is 11.7. The minimum Gasteiger partial charge on any atom is -0.476 e. The van der Waals surface area contributed by atoms with Crippen molar-refractivity contribution in [2.45, 2.75) is 38.5 Å². The standard InChI is InChI=1S/C12H19N5O4/c1-8-6-9(2-5-21-8)14-12(20)13-3-4-17-7-10(11(18)19)15-16-17/h7-9H,2-6H2,1H3,(H,18,19)(H2,13,14,20). The third kappa shape index (κ3) is 4.71. The van der Waals surface area contributed by atoms with Crippen LogP contribution in [0.2, 0.25) is 0 Å². The van der Waals surface area contributed by atoms with E-state index < -0.39 is 5.97 Å². The summed E-state index contributed by atoms with van der Waals surface area (Å²) in [5, 5.41) is 21.4. The van der Waals surface area contributed by atoms with E-state index in [4.69, 9.17) is 9.84 Å². The smallest absolute Gasteiger partial charge is 0.358 e. The van der Waals surface area contributed by atoms with Crippen molar-refractivity contribution in [3.63, 3.8) is 0 Å². The Hall–Kier alpha value is -2.16. The maximum absolute atomic E-state index is 11.7. The van der Waals surface area contributed by atoms with Crippen molar-refractivity contribution in [1.82, 2.24) is 25.6 Å². The Labute approximate surface area is 121 Å².